The molecule has 0 aromatic carbocycles. The van der Waals surface area contributed by atoms with Crippen LogP contribution in [0.1, 0.15) is 181 Å². The van der Waals surface area contributed by atoms with Crippen molar-refractivity contribution >= 4 is 19.8 Å². The second-order valence-electron chi connectivity index (χ2n) is 14.7. The van der Waals surface area contributed by atoms with Gasteiger partial charge >= 0.3 is 19.8 Å². The molecule has 0 aromatic rings. The van der Waals surface area contributed by atoms with Gasteiger partial charge in [-0.15, -0.1) is 0 Å². The molecule has 3 atom stereocenters. The highest BCUT2D eigenvalue weighted by molar-refractivity contribution is 7.46. The molecule has 0 spiro atoms. The lowest BCUT2D eigenvalue weighted by Gasteiger charge is -2.18. The summed E-state index contributed by atoms with van der Waals surface area (Å²) in [6.45, 7) is 3.58. The van der Waals surface area contributed by atoms with Gasteiger partial charge in [-0.1, -0.05) is 152 Å². The average Bonchev–Trinajstić information content (AvgIpc) is 3.91. The van der Waals surface area contributed by atoms with Crippen LogP contribution >= 0.6 is 7.82 Å². The summed E-state index contributed by atoms with van der Waals surface area (Å²) in [6, 6.07) is 0. The van der Waals surface area contributed by atoms with Crippen LogP contribution in [0.5, 0.6) is 0 Å². The van der Waals surface area contributed by atoms with Crippen LogP contribution in [0.2, 0.25) is 0 Å². The summed E-state index contributed by atoms with van der Waals surface area (Å²) in [5.41, 5.74) is 0. The summed E-state index contributed by atoms with van der Waals surface area (Å²) < 4.78 is 32.1. The molecule has 316 valence electrons. The van der Waals surface area contributed by atoms with Gasteiger partial charge < -0.3 is 24.0 Å². The van der Waals surface area contributed by atoms with Crippen molar-refractivity contribution in [3.8, 4) is 0 Å². The van der Waals surface area contributed by atoms with Gasteiger partial charge in [-0.25, -0.2) is 4.57 Å². The maximum absolute atomic E-state index is 12.4. The molecule has 1 heterocycles. The standard InChI is InChI=1S/C45H77O9P/c1-3-5-7-8-9-10-11-12-13-14-15-16-17-18-19-24-27-30-34-38-45(47)53-41(40-52-55(48,49)50)39-51-44(46)37-33-29-26-23-21-20-22-25-28-32-36-43-42(54-43)35-31-6-4-2/h9-10,12-13,20,22-23,26,28,32,41-43H,3-8,11,14-19,21,24-25,27,29-31,33-40H2,1-2H3,(H2,48,49,50)/b10-9-,13-12-,22-20-,26-23-,32-28-/t41-,42?,43?/m1/s1. The van der Waals surface area contributed by atoms with Crippen molar-refractivity contribution in [1.29, 1.82) is 0 Å². The Labute approximate surface area is 334 Å². The number of hydrogen-bond donors (Lipinski definition) is 2. The number of unbranched alkanes of at least 4 members (excludes halogenated alkanes) is 15. The van der Waals surface area contributed by atoms with Gasteiger partial charge in [-0.3, -0.25) is 14.1 Å². The number of carbonyl (C=O) groups is 2. The Hall–Kier alpha value is -2.29. The summed E-state index contributed by atoms with van der Waals surface area (Å²) in [7, 11) is -4.77. The van der Waals surface area contributed by atoms with E-state index in [-0.39, 0.29) is 19.4 Å². The lowest BCUT2D eigenvalue weighted by molar-refractivity contribution is -0.161. The molecule has 0 saturated carbocycles. The Morgan fingerprint density at radius 3 is 1.67 bits per heavy atom. The topological polar surface area (TPSA) is 132 Å². The van der Waals surface area contributed by atoms with Crippen LogP contribution in [-0.4, -0.2) is 53.3 Å². The highest BCUT2D eigenvalue weighted by Gasteiger charge is 2.36. The fraction of sp³-hybridized carbons (Fsp3) is 0.733. The number of rotatable bonds is 38. The van der Waals surface area contributed by atoms with Gasteiger partial charge in [-0.05, 0) is 77.0 Å². The van der Waals surface area contributed by atoms with Crippen molar-refractivity contribution in [3.63, 3.8) is 0 Å². The van der Waals surface area contributed by atoms with E-state index in [1.165, 1.54) is 83.5 Å². The fourth-order valence-corrected chi connectivity index (χ4v) is 6.44. The van der Waals surface area contributed by atoms with Gasteiger partial charge in [0, 0.05) is 12.8 Å². The second kappa shape index (κ2) is 36.1. The molecule has 1 fully saturated rings. The molecule has 1 aliphatic rings. The predicted molar refractivity (Wildman–Crippen MR) is 225 cm³/mol. The maximum atomic E-state index is 12.4. The Morgan fingerprint density at radius 1 is 0.582 bits per heavy atom. The fourth-order valence-electron chi connectivity index (χ4n) is 6.08. The van der Waals surface area contributed by atoms with Crippen LogP contribution in [0.4, 0.5) is 0 Å². The monoisotopic (exact) mass is 793 g/mol. The van der Waals surface area contributed by atoms with E-state index in [0.717, 1.165) is 57.8 Å². The highest BCUT2D eigenvalue weighted by Crippen LogP contribution is 2.36. The van der Waals surface area contributed by atoms with E-state index in [1.54, 1.807) is 0 Å². The normalized spacial score (nSPS) is 16.7. The molecule has 0 bridgehead atoms. The number of phosphoric ester groups is 1. The SMILES string of the molecule is CCCCC/C=C\C/C=C\CCCCCCCCCCCC(=O)O[C@H](COC(=O)CCC/C=C\C/C=C\C/C=C\CC1OC1CCCCC)COP(=O)(O)O. The lowest BCUT2D eigenvalue weighted by atomic mass is 10.1. The molecule has 0 amide bonds. The Bertz CT molecular complexity index is 1140. The van der Waals surface area contributed by atoms with Crippen LogP contribution in [0.25, 0.3) is 0 Å². The first-order valence-corrected chi connectivity index (χ1v) is 23.2. The summed E-state index contributed by atoms with van der Waals surface area (Å²) >= 11 is 0. The zero-order valence-corrected chi connectivity index (χ0v) is 35.4. The first-order chi connectivity index (χ1) is 26.7. The Kier molecular flexibility index (Phi) is 33.3. The quantitative estimate of drug-likeness (QED) is 0.0206. The summed E-state index contributed by atoms with van der Waals surface area (Å²) in [4.78, 5) is 42.9. The van der Waals surface area contributed by atoms with Gasteiger partial charge in [0.15, 0.2) is 6.10 Å². The predicted octanol–water partition coefficient (Wildman–Crippen LogP) is 12.3. The number of epoxide rings is 1. The Morgan fingerprint density at radius 2 is 1.07 bits per heavy atom. The van der Waals surface area contributed by atoms with Crippen LogP contribution in [-0.2, 0) is 32.9 Å². The first kappa shape index (κ1) is 50.7. The number of ether oxygens (including phenoxy) is 3. The van der Waals surface area contributed by atoms with Crippen molar-refractivity contribution < 1.29 is 42.7 Å². The van der Waals surface area contributed by atoms with E-state index >= 15 is 0 Å². The number of carbonyl (C=O) groups excluding carboxylic acids is 2. The minimum Gasteiger partial charge on any atom is -0.462 e. The van der Waals surface area contributed by atoms with Gasteiger partial charge in [0.25, 0.3) is 0 Å². The van der Waals surface area contributed by atoms with Gasteiger partial charge in [-0.2, -0.15) is 0 Å². The minimum absolute atomic E-state index is 0.184. The lowest BCUT2D eigenvalue weighted by Crippen LogP contribution is -2.29. The molecule has 55 heavy (non-hydrogen) atoms. The number of hydrogen-bond acceptors (Lipinski definition) is 7. The third-order valence-electron chi connectivity index (χ3n) is 9.43. The van der Waals surface area contributed by atoms with E-state index in [1.807, 2.05) is 6.08 Å². The van der Waals surface area contributed by atoms with E-state index in [2.05, 4.69) is 73.1 Å². The summed E-state index contributed by atoms with van der Waals surface area (Å²) in [5.74, 6) is -0.962. The summed E-state index contributed by atoms with van der Waals surface area (Å²) in [5, 5.41) is 0. The second-order valence-corrected chi connectivity index (χ2v) is 15.9. The molecule has 1 rings (SSSR count). The van der Waals surface area contributed by atoms with Crippen molar-refractivity contribution in [2.75, 3.05) is 13.2 Å². The van der Waals surface area contributed by atoms with Crippen LogP contribution in [0, 0.1) is 0 Å². The molecular formula is C45H77O9P. The van der Waals surface area contributed by atoms with Crippen LogP contribution < -0.4 is 0 Å². The third kappa shape index (κ3) is 35.8. The van der Waals surface area contributed by atoms with Gasteiger partial charge in [0.2, 0.25) is 0 Å². The molecular weight excluding hydrogens is 715 g/mol. The number of allylic oxidation sites excluding steroid dienone is 9. The van der Waals surface area contributed by atoms with Crippen molar-refractivity contribution in [2.24, 2.45) is 0 Å². The molecule has 9 nitrogen and oxygen atoms in total. The van der Waals surface area contributed by atoms with Crippen LogP contribution in [0.3, 0.4) is 0 Å². The minimum atomic E-state index is -4.77. The average molecular weight is 793 g/mol. The molecule has 0 aliphatic carbocycles. The van der Waals surface area contributed by atoms with E-state index in [4.69, 9.17) is 24.0 Å². The van der Waals surface area contributed by atoms with E-state index in [9.17, 15) is 14.2 Å². The van der Waals surface area contributed by atoms with Crippen molar-refractivity contribution in [2.45, 2.75) is 199 Å². The molecule has 0 radical (unpaired) electrons. The molecule has 2 N–H and O–H groups in total. The first-order valence-electron chi connectivity index (χ1n) is 21.7. The molecule has 1 aliphatic heterocycles. The third-order valence-corrected chi connectivity index (χ3v) is 9.92. The molecule has 1 saturated heterocycles. The zero-order chi connectivity index (χ0) is 40.1. The summed E-state index contributed by atoms with van der Waals surface area (Å²) in [6.07, 6.45) is 48.3. The molecule has 0 aromatic heterocycles. The Balaban J connectivity index is 2.08. The largest absolute Gasteiger partial charge is 0.469 e. The maximum Gasteiger partial charge on any atom is 0.469 e. The number of esters is 2. The van der Waals surface area contributed by atoms with Crippen LogP contribution in [0.15, 0.2) is 60.8 Å². The van der Waals surface area contributed by atoms with Gasteiger partial charge in [0.05, 0.1) is 18.8 Å². The van der Waals surface area contributed by atoms with Crippen molar-refractivity contribution in [3.05, 3.63) is 60.8 Å². The zero-order valence-electron chi connectivity index (χ0n) is 34.5. The smallest absolute Gasteiger partial charge is 0.462 e. The highest BCUT2D eigenvalue weighted by atomic mass is 31.2. The molecule has 10 heteroatoms. The number of phosphoric acid groups is 1. The van der Waals surface area contributed by atoms with Crippen molar-refractivity contribution in [1.82, 2.24) is 0 Å². The van der Waals surface area contributed by atoms with Gasteiger partial charge in [0.1, 0.15) is 6.61 Å². The van der Waals surface area contributed by atoms with E-state index < -0.39 is 32.5 Å². The molecule has 2 unspecified atom stereocenters. The van der Waals surface area contributed by atoms with E-state index in [0.29, 0.717) is 25.0 Å².